The molecule has 0 spiro atoms. The molecule has 0 unspecified atom stereocenters. The van der Waals surface area contributed by atoms with E-state index in [9.17, 15) is 4.39 Å². The highest BCUT2D eigenvalue weighted by molar-refractivity contribution is 5.55. The molecule has 4 heteroatoms. The van der Waals surface area contributed by atoms with Crippen molar-refractivity contribution in [1.82, 2.24) is 9.97 Å². The van der Waals surface area contributed by atoms with E-state index in [1.165, 1.54) is 12.1 Å². The molecule has 0 atom stereocenters. The SMILES string of the molecule is Fc1ccc(Oc2ccc(-c3ncccn3)cc2)cc1. The summed E-state index contributed by atoms with van der Waals surface area (Å²) in [6.07, 6.45) is 3.40. The van der Waals surface area contributed by atoms with Gasteiger partial charge in [0.05, 0.1) is 0 Å². The second kappa shape index (κ2) is 5.48. The lowest BCUT2D eigenvalue weighted by molar-refractivity contribution is 0.480. The van der Waals surface area contributed by atoms with Crippen molar-refractivity contribution in [1.29, 1.82) is 0 Å². The minimum Gasteiger partial charge on any atom is -0.457 e. The van der Waals surface area contributed by atoms with E-state index >= 15 is 0 Å². The topological polar surface area (TPSA) is 35.0 Å². The average Bonchev–Trinajstić information content (AvgIpc) is 2.51. The lowest BCUT2D eigenvalue weighted by Crippen LogP contribution is -1.88. The maximum Gasteiger partial charge on any atom is 0.159 e. The Morgan fingerprint density at radius 3 is 1.90 bits per heavy atom. The molecular weight excluding hydrogens is 255 g/mol. The van der Waals surface area contributed by atoms with E-state index in [-0.39, 0.29) is 5.82 Å². The number of ether oxygens (including phenoxy) is 1. The Morgan fingerprint density at radius 2 is 1.30 bits per heavy atom. The van der Waals surface area contributed by atoms with E-state index in [2.05, 4.69) is 9.97 Å². The van der Waals surface area contributed by atoms with Gasteiger partial charge in [-0.05, 0) is 54.6 Å². The summed E-state index contributed by atoms with van der Waals surface area (Å²) in [5.41, 5.74) is 0.914. The minimum absolute atomic E-state index is 0.283. The first-order valence-electron chi connectivity index (χ1n) is 6.12. The van der Waals surface area contributed by atoms with E-state index in [0.717, 1.165) is 5.56 Å². The van der Waals surface area contributed by atoms with Gasteiger partial charge in [0, 0.05) is 18.0 Å². The third kappa shape index (κ3) is 2.80. The minimum atomic E-state index is -0.283. The van der Waals surface area contributed by atoms with Crippen molar-refractivity contribution in [3.63, 3.8) is 0 Å². The van der Waals surface area contributed by atoms with Gasteiger partial charge in [0.1, 0.15) is 17.3 Å². The molecule has 0 aliphatic heterocycles. The lowest BCUT2D eigenvalue weighted by Gasteiger charge is -2.06. The number of benzene rings is 2. The van der Waals surface area contributed by atoms with Gasteiger partial charge in [0.15, 0.2) is 5.82 Å². The van der Waals surface area contributed by atoms with E-state index < -0.39 is 0 Å². The monoisotopic (exact) mass is 266 g/mol. The Labute approximate surface area is 115 Å². The van der Waals surface area contributed by atoms with Crippen LogP contribution in [0.2, 0.25) is 0 Å². The predicted octanol–water partition coefficient (Wildman–Crippen LogP) is 4.08. The zero-order valence-corrected chi connectivity index (χ0v) is 10.5. The number of nitrogens with zero attached hydrogens (tertiary/aromatic N) is 2. The van der Waals surface area contributed by atoms with Crippen molar-refractivity contribution in [2.24, 2.45) is 0 Å². The molecule has 0 N–H and O–H groups in total. The van der Waals surface area contributed by atoms with Gasteiger partial charge < -0.3 is 4.74 Å². The van der Waals surface area contributed by atoms with Crippen molar-refractivity contribution >= 4 is 0 Å². The number of aromatic nitrogens is 2. The molecule has 0 radical (unpaired) electrons. The molecule has 20 heavy (non-hydrogen) atoms. The van der Waals surface area contributed by atoms with Gasteiger partial charge in [-0.25, -0.2) is 14.4 Å². The van der Waals surface area contributed by atoms with Crippen LogP contribution in [0.15, 0.2) is 67.0 Å². The first-order valence-corrected chi connectivity index (χ1v) is 6.12. The van der Waals surface area contributed by atoms with E-state index in [1.54, 1.807) is 30.6 Å². The third-order valence-corrected chi connectivity index (χ3v) is 2.73. The fourth-order valence-electron chi connectivity index (χ4n) is 1.76. The van der Waals surface area contributed by atoms with Gasteiger partial charge >= 0.3 is 0 Å². The highest BCUT2D eigenvalue weighted by atomic mass is 19.1. The van der Waals surface area contributed by atoms with Gasteiger partial charge in [-0.1, -0.05) is 0 Å². The van der Waals surface area contributed by atoms with Crippen LogP contribution in [0.3, 0.4) is 0 Å². The second-order valence-corrected chi connectivity index (χ2v) is 4.15. The van der Waals surface area contributed by atoms with Crippen LogP contribution >= 0.6 is 0 Å². The summed E-state index contributed by atoms with van der Waals surface area (Å²) >= 11 is 0. The maximum atomic E-state index is 12.8. The van der Waals surface area contributed by atoms with Gasteiger partial charge in [-0.2, -0.15) is 0 Å². The molecule has 2 aromatic carbocycles. The van der Waals surface area contributed by atoms with Crippen LogP contribution in [0.4, 0.5) is 4.39 Å². The van der Waals surface area contributed by atoms with Gasteiger partial charge in [0.25, 0.3) is 0 Å². The molecular formula is C16H11FN2O. The molecule has 98 valence electrons. The zero-order chi connectivity index (χ0) is 13.8. The molecule has 3 nitrogen and oxygen atoms in total. The van der Waals surface area contributed by atoms with Gasteiger partial charge in [-0.15, -0.1) is 0 Å². The highest BCUT2D eigenvalue weighted by Crippen LogP contribution is 2.24. The van der Waals surface area contributed by atoms with Crippen LogP contribution < -0.4 is 4.74 Å². The van der Waals surface area contributed by atoms with Crippen molar-refractivity contribution in [3.05, 3.63) is 72.8 Å². The quantitative estimate of drug-likeness (QED) is 0.716. The lowest BCUT2D eigenvalue weighted by atomic mass is 10.2. The Bertz CT molecular complexity index is 682. The first-order chi connectivity index (χ1) is 9.81. The van der Waals surface area contributed by atoms with E-state index in [4.69, 9.17) is 4.74 Å². The fraction of sp³-hybridized carbons (Fsp3) is 0. The summed E-state index contributed by atoms with van der Waals surface area (Å²) in [6, 6.07) is 15.1. The summed E-state index contributed by atoms with van der Waals surface area (Å²) in [7, 11) is 0. The Morgan fingerprint density at radius 1 is 0.750 bits per heavy atom. The fourth-order valence-corrected chi connectivity index (χ4v) is 1.76. The maximum absolute atomic E-state index is 12.8. The van der Waals surface area contributed by atoms with Crippen molar-refractivity contribution in [2.75, 3.05) is 0 Å². The summed E-state index contributed by atoms with van der Waals surface area (Å²) in [5, 5.41) is 0. The molecule has 0 saturated carbocycles. The van der Waals surface area contributed by atoms with Crippen LogP contribution in [0.5, 0.6) is 11.5 Å². The van der Waals surface area contributed by atoms with Crippen LogP contribution in [0.1, 0.15) is 0 Å². The van der Waals surface area contributed by atoms with Crippen LogP contribution in [0.25, 0.3) is 11.4 Å². The van der Waals surface area contributed by atoms with Crippen molar-refractivity contribution in [3.8, 4) is 22.9 Å². The van der Waals surface area contributed by atoms with Gasteiger partial charge in [0.2, 0.25) is 0 Å². The molecule has 0 fully saturated rings. The average molecular weight is 266 g/mol. The summed E-state index contributed by atoms with van der Waals surface area (Å²) < 4.78 is 18.4. The van der Waals surface area contributed by atoms with Gasteiger partial charge in [-0.3, -0.25) is 0 Å². The standard InChI is InChI=1S/C16H11FN2O/c17-13-4-8-15(9-5-13)20-14-6-2-12(3-7-14)16-18-10-1-11-19-16/h1-11H. The second-order valence-electron chi connectivity index (χ2n) is 4.15. The summed E-state index contributed by atoms with van der Waals surface area (Å²) in [6.45, 7) is 0. The molecule has 1 heterocycles. The summed E-state index contributed by atoms with van der Waals surface area (Å²) in [5.74, 6) is 1.65. The highest BCUT2D eigenvalue weighted by Gasteiger charge is 2.01. The molecule has 3 aromatic rings. The molecule has 0 aliphatic rings. The largest absolute Gasteiger partial charge is 0.457 e. The Hall–Kier alpha value is -2.75. The Kier molecular flexibility index (Phi) is 3.37. The van der Waals surface area contributed by atoms with Crippen molar-refractivity contribution in [2.45, 2.75) is 0 Å². The van der Waals surface area contributed by atoms with E-state index in [1.807, 2.05) is 24.3 Å². The van der Waals surface area contributed by atoms with E-state index in [0.29, 0.717) is 17.3 Å². The number of rotatable bonds is 3. The molecule has 0 amide bonds. The normalized spacial score (nSPS) is 10.2. The van der Waals surface area contributed by atoms with Crippen LogP contribution in [-0.2, 0) is 0 Å². The molecule has 3 rings (SSSR count). The number of hydrogen-bond acceptors (Lipinski definition) is 3. The molecule has 0 bridgehead atoms. The first kappa shape index (κ1) is 12.3. The zero-order valence-electron chi connectivity index (χ0n) is 10.5. The molecule has 1 aromatic heterocycles. The smallest absolute Gasteiger partial charge is 0.159 e. The van der Waals surface area contributed by atoms with Crippen LogP contribution in [-0.4, -0.2) is 9.97 Å². The number of hydrogen-bond donors (Lipinski definition) is 0. The molecule has 0 saturated heterocycles. The summed E-state index contributed by atoms with van der Waals surface area (Å²) in [4.78, 5) is 8.36. The predicted molar refractivity (Wildman–Crippen MR) is 73.9 cm³/mol. The molecule has 0 aliphatic carbocycles. The van der Waals surface area contributed by atoms with Crippen molar-refractivity contribution < 1.29 is 9.13 Å². The Balaban J connectivity index is 1.78. The van der Waals surface area contributed by atoms with Crippen LogP contribution in [0, 0.1) is 5.82 Å². The third-order valence-electron chi connectivity index (χ3n) is 2.73. The number of halogens is 1.